The number of hydrogen-bond acceptors (Lipinski definition) is 1. The molecule has 0 N–H and O–H groups in total. The number of benzene rings is 9. The highest BCUT2D eigenvalue weighted by Gasteiger charge is 2.36. The van der Waals surface area contributed by atoms with E-state index in [0.717, 1.165) is 0 Å². The number of nitrogens with zero attached hydrogens (tertiary/aromatic N) is 2. The summed E-state index contributed by atoms with van der Waals surface area (Å²) in [5.41, 5.74) is 17.5. The van der Waals surface area contributed by atoms with Gasteiger partial charge in [-0.2, -0.15) is 0 Å². The monoisotopic (exact) mass is 782 g/mol. The Hall–Kier alpha value is -7.20. The lowest BCUT2D eigenvalue weighted by atomic mass is 9.82. The van der Waals surface area contributed by atoms with Gasteiger partial charge in [-0.3, -0.25) is 0 Å². The molecule has 3 heterocycles. The fourth-order valence-corrected chi connectivity index (χ4v) is 11.7. The van der Waals surface area contributed by atoms with Crippen molar-refractivity contribution in [1.29, 1.82) is 0 Å². The highest BCUT2D eigenvalue weighted by atomic mass is 32.1. The molecule has 0 atom stereocenters. The smallest absolute Gasteiger partial charge is 0.0544 e. The molecule has 2 nitrogen and oxygen atoms in total. The van der Waals surface area contributed by atoms with Gasteiger partial charge in [0.05, 0.1) is 22.1 Å². The zero-order valence-electron chi connectivity index (χ0n) is 33.3. The van der Waals surface area contributed by atoms with E-state index in [-0.39, 0.29) is 5.41 Å². The first kappa shape index (κ1) is 33.7. The third-order valence-electron chi connectivity index (χ3n) is 13.3. The van der Waals surface area contributed by atoms with Crippen LogP contribution in [-0.4, -0.2) is 9.13 Å². The summed E-state index contributed by atoms with van der Waals surface area (Å²) in [6, 6.07) is 72.3. The van der Waals surface area contributed by atoms with E-state index >= 15 is 0 Å². The average Bonchev–Trinajstić information content (AvgIpc) is 4.01. The van der Waals surface area contributed by atoms with E-state index in [1.807, 2.05) is 11.3 Å². The quantitative estimate of drug-likeness (QED) is 0.168. The highest BCUT2D eigenvalue weighted by molar-refractivity contribution is 7.26. The molecule has 0 saturated carbocycles. The maximum atomic E-state index is 2.49. The molecular weight excluding hydrogens is 745 g/mol. The van der Waals surface area contributed by atoms with Gasteiger partial charge in [0, 0.05) is 58.5 Å². The Morgan fingerprint density at radius 1 is 0.350 bits per heavy atom. The molecule has 12 aromatic rings. The van der Waals surface area contributed by atoms with Gasteiger partial charge in [-0.1, -0.05) is 135 Å². The van der Waals surface area contributed by atoms with Crippen molar-refractivity contribution in [3.63, 3.8) is 0 Å². The maximum Gasteiger partial charge on any atom is 0.0544 e. The Balaban J connectivity index is 1.01. The second-order valence-corrected chi connectivity index (χ2v) is 18.0. The number of hydrogen-bond donors (Lipinski definition) is 0. The van der Waals surface area contributed by atoms with Crippen LogP contribution in [-0.2, 0) is 5.41 Å². The summed E-state index contributed by atoms with van der Waals surface area (Å²) in [7, 11) is 0. The van der Waals surface area contributed by atoms with Crippen LogP contribution in [0.3, 0.4) is 0 Å². The Morgan fingerprint density at radius 2 is 0.917 bits per heavy atom. The average molecular weight is 783 g/mol. The van der Waals surface area contributed by atoms with E-state index in [1.165, 1.54) is 120 Å². The van der Waals surface area contributed by atoms with Gasteiger partial charge in [0.25, 0.3) is 0 Å². The zero-order chi connectivity index (χ0) is 39.7. The molecular formula is C57H38N2S. The van der Waals surface area contributed by atoms with Crippen molar-refractivity contribution in [2.75, 3.05) is 0 Å². The molecule has 3 heteroatoms. The third kappa shape index (κ3) is 4.70. The van der Waals surface area contributed by atoms with Gasteiger partial charge in [0.2, 0.25) is 0 Å². The molecule has 1 aliphatic rings. The molecule has 0 spiro atoms. The minimum Gasteiger partial charge on any atom is -0.309 e. The molecule has 3 aromatic heterocycles. The fraction of sp³-hybridized carbons (Fsp3) is 0.0526. The van der Waals surface area contributed by atoms with Crippen molar-refractivity contribution in [2.45, 2.75) is 19.3 Å². The molecule has 0 aliphatic heterocycles. The lowest BCUT2D eigenvalue weighted by molar-refractivity contribution is 0.661. The summed E-state index contributed by atoms with van der Waals surface area (Å²) >= 11 is 1.89. The van der Waals surface area contributed by atoms with Crippen LogP contribution in [0.15, 0.2) is 194 Å². The largest absolute Gasteiger partial charge is 0.309 e. The van der Waals surface area contributed by atoms with Crippen LogP contribution in [0.1, 0.15) is 25.0 Å². The van der Waals surface area contributed by atoms with Gasteiger partial charge >= 0.3 is 0 Å². The topological polar surface area (TPSA) is 9.86 Å². The second kappa shape index (κ2) is 12.4. The minimum absolute atomic E-state index is 0.103. The molecule has 0 amide bonds. The molecule has 0 saturated heterocycles. The van der Waals surface area contributed by atoms with Crippen LogP contribution >= 0.6 is 11.3 Å². The molecule has 0 bridgehead atoms. The molecule has 9 aromatic carbocycles. The molecule has 0 fully saturated rings. The highest BCUT2D eigenvalue weighted by Crippen LogP contribution is 2.51. The van der Waals surface area contributed by atoms with Gasteiger partial charge in [-0.05, 0) is 117 Å². The van der Waals surface area contributed by atoms with Crippen molar-refractivity contribution < 1.29 is 0 Å². The molecule has 60 heavy (non-hydrogen) atoms. The third-order valence-corrected chi connectivity index (χ3v) is 14.5. The second-order valence-electron chi connectivity index (χ2n) is 16.9. The van der Waals surface area contributed by atoms with Crippen molar-refractivity contribution in [3.8, 4) is 44.8 Å². The van der Waals surface area contributed by atoms with Crippen LogP contribution in [0.4, 0.5) is 0 Å². The number of thiophene rings is 1. The SMILES string of the molecule is CC1(C)c2ccccc2-c2cc3c4cc(-c5ccc6c(c5)c5ccccc5n6-c5ccccc5)ccc4n(-c4ccc(-c5cccc6c5sc5ccccc56)cc4)c3cc21. The van der Waals surface area contributed by atoms with E-state index in [2.05, 4.69) is 217 Å². The molecule has 1 aliphatic carbocycles. The molecule has 13 rings (SSSR count). The summed E-state index contributed by atoms with van der Waals surface area (Å²) in [6.45, 7) is 4.76. The van der Waals surface area contributed by atoms with Crippen molar-refractivity contribution >= 4 is 75.1 Å². The van der Waals surface area contributed by atoms with Gasteiger partial charge < -0.3 is 9.13 Å². The maximum absolute atomic E-state index is 2.49. The minimum atomic E-state index is -0.103. The zero-order valence-corrected chi connectivity index (χ0v) is 34.1. The summed E-state index contributed by atoms with van der Waals surface area (Å²) in [6.07, 6.45) is 0. The Bertz CT molecular complexity index is 3730. The van der Waals surface area contributed by atoms with E-state index in [4.69, 9.17) is 0 Å². The van der Waals surface area contributed by atoms with E-state index in [9.17, 15) is 0 Å². The molecule has 0 radical (unpaired) electrons. The first-order valence-corrected chi connectivity index (χ1v) is 21.7. The standard InChI is InChI=1S/C57H38N2S/c1-57(2)49-20-9-6-15-41(49)45-33-48-47-32-37(36-25-29-52-46(31-36)42-16-7-10-21-51(42)58(52)38-13-4-3-5-14-38)26-30-53(47)59(54(48)34-50(45)57)39-27-23-35(24-28-39)40-18-12-19-44-43-17-8-11-22-55(43)60-56(40)44/h3-34H,1-2H3. The van der Waals surface area contributed by atoms with Gasteiger partial charge in [-0.15, -0.1) is 11.3 Å². The van der Waals surface area contributed by atoms with Crippen LogP contribution in [0, 0.1) is 0 Å². The number of para-hydroxylation sites is 2. The van der Waals surface area contributed by atoms with Crippen LogP contribution in [0.2, 0.25) is 0 Å². The predicted molar refractivity (Wildman–Crippen MR) is 256 cm³/mol. The van der Waals surface area contributed by atoms with Crippen molar-refractivity contribution in [2.24, 2.45) is 0 Å². The lowest BCUT2D eigenvalue weighted by Crippen LogP contribution is -2.14. The van der Waals surface area contributed by atoms with Crippen LogP contribution in [0.25, 0.3) is 109 Å². The van der Waals surface area contributed by atoms with E-state index in [0.29, 0.717) is 0 Å². The fourth-order valence-electron chi connectivity index (χ4n) is 10.4. The van der Waals surface area contributed by atoms with E-state index < -0.39 is 0 Å². The summed E-state index contributed by atoms with van der Waals surface area (Å²) in [5, 5.41) is 7.72. The van der Waals surface area contributed by atoms with Gasteiger partial charge in [-0.25, -0.2) is 0 Å². The molecule has 0 unspecified atom stereocenters. The first-order chi connectivity index (χ1) is 29.5. The van der Waals surface area contributed by atoms with Crippen LogP contribution in [0.5, 0.6) is 0 Å². The lowest BCUT2D eigenvalue weighted by Gasteiger charge is -2.21. The van der Waals surface area contributed by atoms with E-state index in [1.54, 1.807) is 0 Å². The normalized spacial score (nSPS) is 13.3. The Labute approximate surface area is 351 Å². The number of aromatic nitrogens is 2. The van der Waals surface area contributed by atoms with Crippen molar-refractivity contribution in [1.82, 2.24) is 9.13 Å². The van der Waals surface area contributed by atoms with Gasteiger partial charge in [0.1, 0.15) is 0 Å². The van der Waals surface area contributed by atoms with Crippen LogP contribution < -0.4 is 0 Å². The first-order valence-electron chi connectivity index (χ1n) is 20.8. The Morgan fingerprint density at radius 3 is 1.72 bits per heavy atom. The van der Waals surface area contributed by atoms with Gasteiger partial charge in [0.15, 0.2) is 0 Å². The Kier molecular flexibility index (Phi) is 6.98. The predicted octanol–water partition coefficient (Wildman–Crippen LogP) is 15.9. The van der Waals surface area contributed by atoms with Crippen molar-refractivity contribution in [3.05, 3.63) is 205 Å². The number of rotatable bonds is 4. The summed E-state index contributed by atoms with van der Waals surface area (Å²) < 4.78 is 7.56. The number of fused-ring (bicyclic) bond motifs is 12. The molecule has 282 valence electrons. The summed E-state index contributed by atoms with van der Waals surface area (Å²) in [5.74, 6) is 0. The summed E-state index contributed by atoms with van der Waals surface area (Å²) in [4.78, 5) is 0.